The van der Waals surface area contributed by atoms with Crippen molar-refractivity contribution in [1.29, 1.82) is 0 Å². The fourth-order valence-electron chi connectivity index (χ4n) is 4.37. The van der Waals surface area contributed by atoms with E-state index in [9.17, 15) is 14.0 Å². The second kappa shape index (κ2) is 11.4. The molecular formula is C25H29ClFN5O2S. The Balaban J connectivity index is 1.46. The normalized spacial score (nSPS) is 19.5. The molecule has 2 saturated heterocycles. The molecule has 2 aromatic rings. The molecule has 0 unspecified atom stereocenters. The summed E-state index contributed by atoms with van der Waals surface area (Å²) < 4.78 is 13.2. The first-order valence-corrected chi connectivity index (χ1v) is 12.5. The molecule has 0 bridgehead atoms. The molecular weight excluding hydrogens is 489 g/mol. The molecule has 4 rings (SSSR count). The highest BCUT2D eigenvalue weighted by atomic mass is 35.5. The van der Waals surface area contributed by atoms with Gasteiger partial charge >= 0.3 is 0 Å². The van der Waals surface area contributed by atoms with Crippen molar-refractivity contribution >= 4 is 52.1 Å². The number of anilines is 2. The summed E-state index contributed by atoms with van der Waals surface area (Å²) in [5.41, 5.74) is 1.09. The van der Waals surface area contributed by atoms with Crippen LogP contribution in [-0.4, -0.2) is 84.0 Å². The third-order valence-corrected chi connectivity index (χ3v) is 7.05. The molecule has 2 aliphatic heterocycles. The van der Waals surface area contributed by atoms with Gasteiger partial charge in [-0.3, -0.25) is 14.5 Å². The quantitative estimate of drug-likeness (QED) is 0.541. The number of amides is 2. The minimum Gasteiger partial charge on any atom is -0.336 e. The molecule has 0 aliphatic carbocycles. The van der Waals surface area contributed by atoms with E-state index in [1.165, 1.54) is 29.2 Å². The highest BCUT2D eigenvalue weighted by Gasteiger charge is 2.43. The Morgan fingerprint density at radius 3 is 2.37 bits per heavy atom. The number of rotatable bonds is 8. The number of carbonyl (C=O) groups excluding carboxylic acids is 2. The zero-order valence-electron chi connectivity index (χ0n) is 19.6. The average Bonchev–Trinajstić information content (AvgIpc) is 3.06. The van der Waals surface area contributed by atoms with Gasteiger partial charge in [0.15, 0.2) is 5.11 Å². The van der Waals surface area contributed by atoms with Crippen LogP contribution in [0.4, 0.5) is 15.8 Å². The first kappa shape index (κ1) is 25.5. The fourth-order valence-corrected chi connectivity index (χ4v) is 4.91. The molecule has 10 heteroatoms. The van der Waals surface area contributed by atoms with Crippen molar-refractivity contribution in [2.24, 2.45) is 0 Å². The molecule has 7 nitrogen and oxygen atoms in total. The van der Waals surface area contributed by atoms with Gasteiger partial charge in [-0.1, -0.05) is 11.6 Å². The highest BCUT2D eigenvalue weighted by molar-refractivity contribution is 7.80. The zero-order valence-corrected chi connectivity index (χ0v) is 21.2. The predicted molar refractivity (Wildman–Crippen MR) is 140 cm³/mol. The third kappa shape index (κ3) is 6.35. The largest absolute Gasteiger partial charge is 0.336 e. The summed E-state index contributed by atoms with van der Waals surface area (Å²) in [6.07, 6.45) is 0.761. The number of hydrogen-bond donors (Lipinski definition) is 1. The van der Waals surface area contributed by atoms with Gasteiger partial charge in [0.1, 0.15) is 11.9 Å². The summed E-state index contributed by atoms with van der Waals surface area (Å²) in [4.78, 5) is 34.3. The summed E-state index contributed by atoms with van der Waals surface area (Å²) in [6, 6.07) is 11.7. The van der Waals surface area contributed by atoms with Gasteiger partial charge in [-0.2, -0.15) is 0 Å². The van der Waals surface area contributed by atoms with Gasteiger partial charge in [0, 0.05) is 43.4 Å². The Morgan fingerprint density at radius 2 is 1.71 bits per heavy atom. The molecule has 186 valence electrons. The maximum absolute atomic E-state index is 13.5. The second-order valence-corrected chi connectivity index (χ2v) is 9.70. The molecule has 0 spiro atoms. The lowest BCUT2D eigenvalue weighted by molar-refractivity contribution is -0.124. The van der Waals surface area contributed by atoms with E-state index >= 15 is 0 Å². The van der Waals surface area contributed by atoms with Crippen LogP contribution in [0.5, 0.6) is 0 Å². The van der Waals surface area contributed by atoms with Gasteiger partial charge < -0.3 is 20.0 Å². The standard InChI is InChI=1S/C25H29ClFN5O2S/c1-29-13-15-30(16-14-29)11-2-12-31-22(17-23(33)28-20-7-5-19(27)6-8-20)24(34)32(25(31)35)21-9-3-18(26)4-10-21/h3-10,22H,2,11-17H2,1H3,(H,28,33)/t22-/m0/s1. The zero-order chi connectivity index (χ0) is 24.9. The monoisotopic (exact) mass is 517 g/mol. The summed E-state index contributed by atoms with van der Waals surface area (Å²) in [7, 11) is 2.12. The molecule has 35 heavy (non-hydrogen) atoms. The van der Waals surface area contributed by atoms with E-state index in [4.69, 9.17) is 23.8 Å². The van der Waals surface area contributed by atoms with Gasteiger partial charge in [-0.25, -0.2) is 4.39 Å². The lowest BCUT2D eigenvalue weighted by atomic mass is 10.1. The van der Waals surface area contributed by atoms with Crippen LogP contribution >= 0.6 is 23.8 Å². The number of thiocarbonyl (C=S) groups is 1. The minimum atomic E-state index is -0.717. The Kier molecular flexibility index (Phi) is 8.33. The molecule has 2 fully saturated rings. The van der Waals surface area contributed by atoms with Crippen molar-refractivity contribution < 1.29 is 14.0 Å². The smallest absolute Gasteiger partial charge is 0.256 e. The Morgan fingerprint density at radius 1 is 1.06 bits per heavy atom. The van der Waals surface area contributed by atoms with E-state index in [0.717, 1.165) is 39.1 Å². The second-order valence-electron chi connectivity index (χ2n) is 8.90. The van der Waals surface area contributed by atoms with Crippen LogP contribution in [0.2, 0.25) is 5.02 Å². The number of nitrogens with zero attached hydrogens (tertiary/aromatic N) is 4. The van der Waals surface area contributed by atoms with Crippen LogP contribution in [0.25, 0.3) is 0 Å². The van der Waals surface area contributed by atoms with E-state index in [-0.39, 0.29) is 24.1 Å². The van der Waals surface area contributed by atoms with E-state index in [2.05, 4.69) is 22.2 Å². The van der Waals surface area contributed by atoms with Gasteiger partial charge in [0.05, 0.1) is 12.1 Å². The van der Waals surface area contributed by atoms with Crippen molar-refractivity contribution in [3.05, 3.63) is 59.4 Å². The number of likely N-dealkylation sites (N-methyl/N-ethyl adjacent to an activating group) is 1. The van der Waals surface area contributed by atoms with Crippen molar-refractivity contribution in [3.8, 4) is 0 Å². The van der Waals surface area contributed by atoms with Crippen molar-refractivity contribution in [1.82, 2.24) is 14.7 Å². The molecule has 0 radical (unpaired) electrons. The summed E-state index contributed by atoms with van der Waals surface area (Å²) >= 11 is 11.7. The predicted octanol–water partition coefficient (Wildman–Crippen LogP) is 3.45. The summed E-state index contributed by atoms with van der Waals surface area (Å²) in [5.74, 6) is -0.963. The van der Waals surface area contributed by atoms with Crippen LogP contribution in [-0.2, 0) is 9.59 Å². The number of benzene rings is 2. The minimum absolute atomic E-state index is 0.0606. The van der Waals surface area contributed by atoms with E-state index < -0.39 is 6.04 Å². The van der Waals surface area contributed by atoms with Crippen LogP contribution < -0.4 is 10.2 Å². The molecule has 1 N–H and O–H groups in total. The lowest BCUT2D eigenvalue weighted by Crippen LogP contribution is -2.45. The van der Waals surface area contributed by atoms with Gasteiger partial charge in [0.2, 0.25) is 5.91 Å². The van der Waals surface area contributed by atoms with Crippen molar-refractivity contribution in [2.75, 3.05) is 56.5 Å². The third-order valence-electron chi connectivity index (χ3n) is 6.38. The van der Waals surface area contributed by atoms with Gasteiger partial charge in [0.25, 0.3) is 5.91 Å². The number of carbonyl (C=O) groups is 2. The maximum Gasteiger partial charge on any atom is 0.256 e. The van der Waals surface area contributed by atoms with Crippen molar-refractivity contribution in [2.45, 2.75) is 18.9 Å². The van der Waals surface area contributed by atoms with Crippen molar-refractivity contribution in [3.63, 3.8) is 0 Å². The molecule has 2 aromatic carbocycles. The number of halogens is 2. The van der Waals surface area contributed by atoms with Crippen LogP contribution in [0.15, 0.2) is 48.5 Å². The topological polar surface area (TPSA) is 59.1 Å². The molecule has 2 aliphatic rings. The van der Waals surface area contributed by atoms with Crippen LogP contribution in [0, 0.1) is 5.82 Å². The SMILES string of the molecule is CN1CCN(CCCN2C(=S)N(c3ccc(Cl)cc3)C(=O)[C@@H]2CC(=O)Nc2ccc(F)cc2)CC1. The number of nitrogens with one attached hydrogen (secondary N) is 1. The Bertz CT molecular complexity index is 1060. The Labute approximate surface area is 215 Å². The number of piperazine rings is 1. The average molecular weight is 518 g/mol. The van der Waals surface area contributed by atoms with Gasteiger partial charge in [-0.15, -0.1) is 0 Å². The molecule has 0 aromatic heterocycles. The number of hydrogen-bond acceptors (Lipinski definition) is 5. The maximum atomic E-state index is 13.5. The first-order chi connectivity index (χ1) is 16.8. The van der Waals surface area contributed by atoms with E-state index in [1.807, 2.05) is 4.90 Å². The first-order valence-electron chi connectivity index (χ1n) is 11.7. The van der Waals surface area contributed by atoms with E-state index in [1.54, 1.807) is 24.3 Å². The van der Waals surface area contributed by atoms with Crippen LogP contribution in [0.1, 0.15) is 12.8 Å². The highest BCUT2D eigenvalue weighted by Crippen LogP contribution is 2.28. The Hall–Kier alpha value is -2.59. The molecule has 2 amide bonds. The summed E-state index contributed by atoms with van der Waals surface area (Å²) in [6.45, 7) is 5.57. The molecule has 0 saturated carbocycles. The molecule has 1 atom stereocenters. The fraction of sp³-hybridized carbons (Fsp3) is 0.400. The lowest BCUT2D eigenvalue weighted by Gasteiger charge is -2.33. The molecule has 2 heterocycles. The summed E-state index contributed by atoms with van der Waals surface area (Å²) in [5, 5.41) is 3.69. The van der Waals surface area contributed by atoms with Crippen LogP contribution in [0.3, 0.4) is 0 Å². The van der Waals surface area contributed by atoms with E-state index in [0.29, 0.717) is 28.1 Å². The van der Waals surface area contributed by atoms with Gasteiger partial charge in [-0.05, 0) is 80.8 Å².